The van der Waals surface area contributed by atoms with Crippen molar-refractivity contribution in [1.29, 1.82) is 0 Å². The fourth-order valence-electron chi connectivity index (χ4n) is 3.04. The van der Waals surface area contributed by atoms with E-state index in [4.69, 9.17) is 0 Å². The standard InChI is InChI=1S/C19H25N3O/c1-13-11-14(2)22(20-13)12-16-5-7-18(8-6-16)19(23)21(4)15(3)17-9-10-17/h5-8,11,15,17H,9-10,12H2,1-4H3/t15-/m1/s1. The van der Waals surface area contributed by atoms with Crippen molar-refractivity contribution in [2.24, 2.45) is 5.92 Å². The minimum absolute atomic E-state index is 0.113. The fourth-order valence-corrected chi connectivity index (χ4v) is 3.04. The molecule has 1 aromatic heterocycles. The third kappa shape index (κ3) is 3.46. The number of benzene rings is 1. The van der Waals surface area contributed by atoms with E-state index >= 15 is 0 Å². The number of carbonyl (C=O) groups is 1. The fraction of sp³-hybridized carbons (Fsp3) is 0.474. The van der Waals surface area contributed by atoms with Gasteiger partial charge >= 0.3 is 0 Å². The molecule has 122 valence electrons. The van der Waals surface area contributed by atoms with E-state index in [0.29, 0.717) is 12.0 Å². The maximum atomic E-state index is 12.6. The van der Waals surface area contributed by atoms with E-state index in [0.717, 1.165) is 29.1 Å². The molecule has 1 heterocycles. The normalized spacial score (nSPS) is 15.5. The van der Waals surface area contributed by atoms with Crippen LogP contribution in [0, 0.1) is 19.8 Å². The van der Waals surface area contributed by atoms with E-state index in [-0.39, 0.29) is 5.91 Å². The summed E-state index contributed by atoms with van der Waals surface area (Å²) in [5, 5.41) is 4.48. The average Bonchev–Trinajstić information content (AvgIpc) is 3.33. The Bertz CT molecular complexity index is 698. The summed E-state index contributed by atoms with van der Waals surface area (Å²) in [4.78, 5) is 14.4. The highest BCUT2D eigenvalue weighted by Crippen LogP contribution is 2.35. The third-order valence-corrected chi connectivity index (χ3v) is 4.87. The second-order valence-electron chi connectivity index (χ2n) is 6.78. The second kappa shape index (κ2) is 6.19. The van der Waals surface area contributed by atoms with Gasteiger partial charge in [-0.15, -0.1) is 0 Å². The Hall–Kier alpha value is -2.10. The zero-order chi connectivity index (χ0) is 16.6. The van der Waals surface area contributed by atoms with Gasteiger partial charge in [0.2, 0.25) is 0 Å². The highest BCUT2D eigenvalue weighted by Gasteiger charge is 2.32. The van der Waals surface area contributed by atoms with Gasteiger partial charge in [-0.3, -0.25) is 9.48 Å². The molecule has 0 N–H and O–H groups in total. The largest absolute Gasteiger partial charge is 0.339 e. The van der Waals surface area contributed by atoms with Crippen LogP contribution in [0.2, 0.25) is 0 Å². The van der Waals surface area contributed by atoms with Crippen LogP contribution in [0.3, 0.4) is 0 Å². The molecule has 0 aliphatic heterocycles. The molecule has 1 saturated carbocycles. The highest BCUT2D eigenvalue weighted by atomic mass is 16.2. The van der Waals surface area contributed by atoms with Crippen LogP contribution < -0.4 is 0 Å². The average molecular weight is 311 g/mol. The number of amides is 1. The predicted octanol–water partition coefficient (Wildman–Crippen LogP) is 3.42. The summed E-state index contributed by atoms with van der Waals surface area (Å²) in [5.74, 6) is 0.802. The zero-order valence-electron chi connectivity index (χ0n) is 14.4. The molecular weight excluding hydrogens is 286 g/mol. The lowest BCUT2D eigenvalue weighted by atomic mass is 10.1. The van der Waals surface area contributed by atoms with Crippen LogP contribution in [0.15, 0.2) is 30.3 Å². The quantitative estimate of drug-likeness (QED) is 0.848. The van der Waals surface area contributed by atoms with Crippen molar-refractivity contribution < 1.29 is 4.79 Å². The van der Waals surface area contributed by atoms with E-state index in [1.165, 1.54) is 12.8 Å². The van der Waals surface area contributed by atoms with Crippen molar-refractivity contribution >= 4 is 5.91 Å². The van der Waals surface area contributed by atoms with Crippen LogP contribution in [0.5, 0.6) is 0 Å². The monoisotopic (exact) mass is 311 g/mol. The first kappa shape index (κ1) is 15.8. The first-order chi connectivity index (χ1) is 11.0. The van der Waals surface area contributed by atoms with E-state index in [1.807, 2.05) is 47.8 Å². The van der Waals surface area contributed by atoms with Crippen LogP contribution >= 0.6 is 0 Å². The smallest absolute Gasteiger partial charge is 0.253 e. The van der Waals surface area contributed by atoms with Gasteiger partial charge in [0.05, 0.1) is 12.2 Å². The zero-order valence-corrected chi connectivity index (χ0v) is 14.4. The highest BCUT2D eigenvalue weighted by molar-refractivity contribution is 5.94. The minimum atomic E-state index is 0.113. The van der Waals surface area contributed by atoms with Gasteiger partial charge in [0.15, 0.2) is 0 Å². The first-order valence-electron chi connectivity index (χ1n) is 8.33. The van der Waals surface area contributed by atoms with Crippen molar-refractivity contribution in [3.63, 3.8) is 0 Å². The lowest BCUT2D eigenvalue weighted by Crippen LogP contribution is -2.36. The van der Waals surface area contributed by atoms with Crippen molar-refractivity contribution in [2.75, 3.05) is 7.05 Å². The summed E-state index contributed by atoms with van der Waals surface area (Å²) in [6, 6.07) is 10.3. The number of rotatable bonds is 5. The van der Waals surface area contributed by atoms with Crippen molar-refractivity contribution in [2.45, 2.75) is 46.2 Å². The van der Waals surface area contributed by atoms with E-state index in [9.17, 15) is 4.79 Å². The van der Waals surface area contributed by atoms with Crippen LogP contribution in [-0.4, -0.2) is 33.7 Å². The SMILES string of the molecule is Cc1cc(C)n(Cc2ccc(C(=O)N(C)[C@H](C)C3CC3)cc2)n1. The molecule has 4 heteroatoms. The molecule has 0 unspecified atom stereocenters. The number of aromatic nitrogens is 2. The molecule has 1 aliphatic carbocycles. The molecule has 0 spiro atoms. The Labute approximate surface area is 138 Å². The molecule has 0 saturated heterocycles. The summed E-state index contributed by atoms with van der Waals surface area (Å²) in [5.41, 5.74) is 4.10. The van der Waals surface area contributed by atoms with Gasteiger partial charge in [-0.05, 0) is 63.3 Å². The number of nitrogens with zero attached hydrogens (tertiary/aromatic N) is 3. The Morgan fingerprint density at radius 1 is 1.30 bits per heavy atom. The summed E-state index contributed by atoms with van der Waals surface area (Å²) in [7, 11) is 1.91. The molecular formula is C19H25N3O. The molecule has 2 aromatic rings. The lowest BCUT2D eigenvalue weighted by molar-refractivity contribution is 0.0727. The van der Waals surface area contributed by atoms with Gasteiger partial charge in [0, 0.05) is 24.3 Å². The van der Waals surface area contributed by atoms with Gasteiger partial charge < -0.3 is 4.90 Å². The second-order valence-corrected chi connectivity index (χ2v) is 6.78. The Balaban J connectivity index is 1.69. The Morgan fingerprint density at radius 2 is 1.96 bits per heavy atom. The molecule has 1 amide bonds. The number of hydrogen-bond donors (Lipinski definition) is 0. The molecule has 1 aliphatic rings. The van der Waals surface area contributed by atoms with Gasteiger partial charge in [0.1, 0.15) is 0 Å². The minimum Gasteiger partial charge on any atom is -0.339 e. The number of hydrogen-bond acceptors (Lipinski definition) is 2. The van der Waals surface area contributed by atoms with Crippen molar-refractivity contribution in [3.05, 3.63) is 52.8 Å². The van der Waals surface area contributed by atoms with Crippen molar-refractivity contribution in [3.8, 4) is 0 Å². The van der Waals surface area contributed by atoms with E-state index in [2.05, 4.69) is 25.0 Å². The lowest BCUT2D eigenvalue weighted by Gasteiger charge is -2.25. The molecule has 1 atom stereocenters. The molecule has 4 nitrogen and oxygen atoms in total. The van der Waals surface area contributed by atoms with Gasteiger partial charge in [-0.1, -0.05) is 12.1 Å². The van der Waals surface area contributed by atoms with Crippen LogP contribution in [0.4, 0.5) is 0 Å². The van der Waals surface area contributed by atoms with Crippen LogP contribution in [0.1, 0.15) is 47.1 Å². The van der Waals surface area contributed by atoms with Gasteiger partial charge in [-0.2, -0.15) is 5.10 Å². The van der Waals surface area contributed by atoms with Crippen molar-refractivity contribution in [1.82, 2.24) is 14.7 Å². The van der Waals surface area contributed by atoms with Gasteiger partial charge in [-0.25, -0.2) is 0 Å². The van der Waals surface area contributed by atoms with Crippen LogP contribution in [0.25, 0.3) is 0 Å². The Kier molecular flexibility index (Phi) is 4.24. The first-order valence-corrected chi connectivity index (χ1v) is 8.33. The molecule has 3 rings (SSSR count). The summed E-state index contributed by atoms with van der Waals surface area (Å²) >= 11 is 0. The van der Waals surface area contributed by atoms with Crippen LogP contribution in [-0.2, 0) is 6.54 Å². The molecule has 1 fully saturated rings. The van der Waals surface area contributed by atoms with Gasteiger partial charge in [0.25, 0.3) is 5.91 Å². The summed E-state index contributed by atoms with van der Waals surface area (Å²) in [6.07, 6.45) is 2.50. The maximum absolute atomic E-state index is 12.6. The maximum Gasteiger partial charge on any atom is 0.253 e. The topological polar surface area (TPSA) is 38.1 Å². The molecule has 0 radical (unpaired) electrons. The molecule has 23 heavy (non-hydrogen) atoms. The summed E-state index contributed by atoms with van der Waals surface area (Å²) in [6.45, 7) is 6.95. The molecule has 0 bridgehead atoms. The predicted molar refractivity (Wildman–Crippen MR) is 91.5 cm³/mol. The van der Waals surface area contributed by atoms with E-state index < -0.39 is 0 Å². The number of aryl methyl sites for hydroxylation is 2. The Morgan fingerprint density at radius 3 is 2.48 bits per heavy atom. The summed E-state index contributed by atoms with van der Waals surface area (Å²) < 4.78 is 1.99. The third-order valence-electron chi connectivity index (χ3n) is 4.87. The van der Waals surface area contributed by atoms with E-state index in [1.54, 1.807) is 0 Å². The number of carbonyl (C=O) groups excluding carboxylic acids is 1. The molecule has 1 aromatic carbocycles.